The highest BCUT2D eigenvalue weighted by Gasteiger charge is 2.30. The molecule has 4 heteroatoms. The van der Waals surface area contributed by atoms with Crippen LogP contribution in [0.15, 0.2) is 6.07 Å². The molecule has 0 amide bonds. The molecule has 0 fully saturated rings. The minimum Gasteiger partial charge on any atom is -0.508 e. The van der Waals surface area contributed by atoms with Gasteiger partial charge in [-0.1, -0.05) is 19.8 Å². The summed E-state index contributed by atoms with van der Waals surface area (Å²) in [6.45, 7) is 3.70. The van der Waals surface area contributed by atoms with Crippen LogP contribution in [0.2, 0.25) is 0 Å². The molecular weight excluding hydrogens is 244 g/mol. The average molecular weight is 264 g/mol. The number of cyclic esters (lactones) is 1. The monoisotopic (exact) mass is 264 g/mol. The fourth-order valence-corrected chi connectivity index (χ4v) is 2.48. The van der Waals surface area contributed by atoms with Gasteiger partial charge in [0.2, 0.25) is 0 Å². The van der Waals surface area contributed by atoms with Crippen molar-refractivity contribution in [2.24, 2.45) is 0 Å². The van der Waals surface area contributed by atoms with Crippen molar-refractivity contribution < 1.29 is 19.7 Å². The molecule has 1 unspecified atom stereocenters. The number of esters is 1. The summed E-state index contributed by atoms with van der Waals surface area (Å²) in [7, 11) is 0. The number of carbonyl (C=O) groups is 1. The molecule has 0 saturated carbocycles. The number of fused-ring (bicyclic) bond motifs is 1. The van der Waals surface area contributed by atoms with E-state index < -0.39 is 5.97 Å². The third-order valence-corrected chi connectivity index (χ3v) is 3.66. The molecule has 0 spiro atoms. The second-order valence-corrected chi connectivity index (χ2v) is 5.13. The van der Waals surface area contributed by atoms with E-state index >= 15 is 0 Å². The fraction of sp³-hybridized carbons (Fsp3) is 0.533. The molecule has 19 heavy (non-hydrogen) atoms. The van der Waals surface area contributed by atoms with E-state index in [9.17, 15) is 15.0 Å². The number of ether oxygens (including phenoxy) is 1. The summed E-state index contributed by atoms with van der Waals surface area (Å²) in [5.74, 6) is -0.617. The van der Waals surface area contributed by atoms with Gasteiger partial charge in [0, 0.05) is 12.0 Å². The average Bonchev–Trinajstić information content (AvgIpc) is 2.36. The van der Waals surface area contributed by atoms with Gasteiger partial charge in [0.05, 0.1) is 0 Å². The molecule has 1 aromatic rings. The second-order valence-electron chi connectivity index (χ2n) is 5.13. The summed E-state index contributed by atoms with van der Waals surface area (Å²) in [5.41, 5.74) is 1.21. The molecule has 1 aliphatic heterocycles. The number of carbonyl (C=O) groups excluding carboxylic acids is 1. The molecule has 0 aromatic heterocycles. The molecule has 1 aliphatic rings. The maximum Gasteiger partial charge on any atom is 0.342 e. The minimum atomic E-state index is -0.483. The molecule has 1 atom stereocenters. The molecule has 1 heterocycles. The number of rotatable bonds is 4. The van der Waals surface area contributed by atoms with Gasteiger partial charge in [0.1, 0.15) is 23.2 Å². The largest absolute Gasteiger partial charge is 0.508 e. The number of phenolic OH excluding ortho intramolecular Hbond substituents is 2. The Balaban J connectivity index is 2.22. The van der Waals surface area contributed by atoms with Crippen LogP contribution in [0.4, 0.5) is 0 Å². The lowest BCUT2D eigenvalue weighted by atomic mass is 9.93. The van der Waals surface area contributed by atoms with Crippen LogP contribution >= 0.6 is 0 Å². The van der Waals surface area contributed by atoms with Crippen LogP contribution in [-0.4, -0.2) is 22.3 Å². The van der Waals surface area contributed by atoms with Gasteiger partial charge >= 0.3 is 5.97 Å². The third-order valence-electron chi connectivity index (χ3n) is 3.66. The Labute approximate surface area is 113 Å². The zero-order chi connectivity index (χ0) is 14.0. The molecule has 0 aliphatic carbocycles. The molecule has 1 aromatic carbocycles. The predicted molar refractivity (Wildman–Crippen MR) is 71.6 cm³/mol. The van der Waals surface area contributed by atoms with Crippen LogP contribution in [-0.2, 0) is 11.2 Å². The SMILES string of the molecule is CCCCCC1Cc2cc(O)c(C)c(O)c2C(=O)O1. The lowest BCUT2D eigenvalue weighted by Crippen LogP contribution is -2.27. The Morgan fingerprint density at radius 1 is 1.37 bits per heavy atom. The first-order chi connectivity index (χ1) is 9.04. The van der Waals surface area contributed by atoms with Crippen molar-refractivity contribution in [1.29, 1.82) is 0 Å². The molecule has 0 radical (unpaired) electrons. The van der Waals surface area contributed by atoms with Gasteiger partial charge in [0.25, 0.3) is 0 Å². The highest BCUT2D eigenvalue weighted by atomic mass is 16.5. The molecule has 2 rings (SSSR count). The van der Waals surface area contributed by atoms with Crippen molar-refractivity contribution in [3.05, 3.63) is 22.8 Å². The van der Waals surface area contributed by atoms with Crippen LogP contribution in [0.5, 0.6) is 11.5 Å². The zero-order valence-electron chi connectivity index (χ0n) is 11.4. The summed E-state index contributed by atoms with van der Waals surface area (Å²) in [6, 6.07) is 1.57. The second kappa shape index (κ2) is 5.51. The molecule has 0 saturated heterocycles. The fourth-order valence-electron chi connectivity index (χ4n) is 2.48. The number of unbranched alkanes of at least 4 members (excludes halogenated alkanes) is 2. The van der Waals surface area contributed by atoms with Gasteiger partial charge in [-0.25, -0.2) is 4.79 Å². The van der Waals surface area contributed by atoms with Crippen LogP contribution in [0.1, 0.15) is 54.1 Å². The first-order valence-electron chi connectivity index (χ1n) is 6.80. The summed E-state index contributed by atoms with van der Waals surface area (Å²) >= 11 is 0. The van der Waals surface area contributed by atoms with E-state index in [-0.39, 0.29) is 23.2 Å². The van der Waals surface area contributed by atoms with Gasteiger partial charge in [-0.05, 0) is 31.4 Å². The topological polar surface area (TPSA) is 66.8 Å². The van der Waals surface area contributed by atoms with E-state index in [2.05, 4.69) is 6.92 Å². The molecule has 0 bridgehead atoms. The Morgan fingerprint density at radius 2 is 2.11 bits per heavy atom. The van der Waals surface area contributed by atoms with Crippen LogP contribution in [0.3, 0.4) is 0 Å². The summed E-state index contributed by atoms with van der Waals surface area (Å²) in [6.07, 6.45) is 4.51. The van der Waals surface area contributed by atoms with Gasteiger partial charge in [-0.2, -0.15) is 0 Å². The maximum absolute atomic E-state index is 11.9. The van der Waals surface area contributed by atoms with Gasteiger partial charge < -0.3 is 14.9 Å². The van der Waals surface area contributed by atoms with Crippen molar-refractivity contribution in [2.75, 3.05) is 0 Å². The summed E-state index contributed by atoms with van der Waals surface area (Å²) in [4.78, 5) is 11.9. The van der Waals surface area contributed by atoms with Gasteiger partial charge in [0.15, 0.2) is 0 Å². The standard InChI is InChI=1S/C15H20O4/c1-3-4-5-6-11-7-10-8-12(16)9(2)14(17)13(10)15(18)19-11/h8,11,16-17H,3-7H2,1-2H3. The van der Waals surface area contributed by atoms with E-state index in [1.54, 1.807) is 13.0 Å². The van der Waals surface area contributed by atoms with Crippen molar-refractivity contribution >= 4 is 5.97 Å². The molecule has 4 nitrogen and oxygen atoms in total. The van der Waals surface area contributed by atoms with Crippen molar-refractivity contribution in [1.82, 2.24) is 0 Å². The number of benzene rings is 1. The lowest BCUT2D eigenvalue weighted by Gasteiger charge is -2.26. The first kappa shape index (κ1) is 13.7. The van der Waals surface area contributed by atoms with Gasteiger partial charge in [-0.3, -0.25) is 0 Å². The van der Waals surface area contributed by atoms with Crippen molar-refractivity contribution in [3.63, 3.8) is 0 Å². The molecule has 2 N–H and O–H groups in total. The third kappa shape index (κ3) is 2.67. The Kier molecular flexibility index (Phi) is 3.98. The van der Waals surface area contributed by atoms with E-state index in [0.717, 1.165) is 25.7 Å². The lowest BCUT2D eigenvalue weighted by molar-refractivity contribution is 0.0227. The maximum atomic E-state index is 11.9. The highest BCUT2D eigenvalue weighted by molar-refractivity contribution is 5.96. The Morgan fingerprint density at radius 3 is 2.79 bits per heavy atom. The van der Waals surface area contributed by atoms with Crippen molar-refractivity contribution in [2.45, 2.75) is 52.1 Å². The summed E-state index contributed by atoms with van der Waals surface area (Å²) < 4.78 is 5.35. The summed E-state index contributed by atoms with van der Waals surface area (Å²) in [5, 5.41) is 19.7. The minimum absolute atomic E-state index is 0.0262. The first-order valence-corrected chi connectivity index (χ1v) is 6.80. The smallest absolute Gasteiger partial charge is 0.342 e. The Bertz CT molecular complexity index is 493. The van der Waals surface area contributed by atoms with Crippen LogP contribution in [0.25, 0.3) is 0 Å². The van der Waals surface area contributed by atoms with E-state index in [0.29, 0.717) is 17.5 Å². The van der Waals surface area contributed by atoms with E-state index in [1.807, 2.05) is 0 Å². The zero-order valence-corrected chi connectivity index (χ0v) is 11.4. The van der Waals surface area contributed by atoms with Crippen molar-refractivity contribution in [3.8, 4) is 11.5 Å². The normalized spacial score (nSPS) is 18.0. The number of hydrogen-bond acceptors (Lipinski definition) is 4. The quantitative estimate of drug-likeness (QED) is 0.648. The van der Waals surface area contributed by atoms with Crippen LogP contribution in [0, 0.1) is 6.92 Å². The Hall–Kier alpha value is -1.71. The number of aromatic hydroxyl groups is 2. The molecule has 104 valence electrons. The number of phenols is 2. The highest BCUT2D eigenvalue weighted by Crippen LogP contribution is 2.37. The van der Waals surface area contributed by atoms with E-state index in [1.165, 1.54) is 0 Å². The van der Waals surface area contributed by atoms with E-state index in [4.69, 9.17) is 4.74 Å². The number of hydrogen-bond donors (Lipinski definition) is 2. The predicted octanol–water partition coefficient (Wildman–Crippen LogP) is 3.07. The van der Waals surface area contributed by atoms with Crippen LogP contribution < -0.4 is 0 Å². The van der Waals surface area contributed by atoms with Gasteiger partial charge in [-0.15, -0.1) is 0 Å². The molecular formula is C15H20O4.